The number of ether oxygens (including phenoxy) is 2. The summed E-state index contributed by atoms with van der Waals surface area (Å²) in [5, 5.41) is 3.85. The van der Waals surface area contributed by atoms with Gasteiger partial charge in [-0.1, -0.05) is 6.07 Å². The average molecular weight is 329 g/mol. The summed E-state index contributed by atoms with van der Waals surface area (Å²) in [7, 11) is 3.39. The van der Waals surface area contributed by atoms with Crippen LogP contribution in [0.5, 0.6) is 11.5 Å². The molecule has 0 aromatic heterocycles. The molecule has 0 amide bonds. The molecule has 4 aliphatic rings. The SMILES string of the molecule is COc1ccc(CNC(C)C23CC4CC(CC(C4)C2)C3)cc1OC. The summed E-state index contributed by atoms with van der Waals surface area (Å²) in [6.45, 7) is 3.33. The van der Waals surface area contributed by atoms with Crippen molar-refractivity contribution in [1.29, 1.82) is 0 Å². The molecule has 0 radical (unpaired) electrons. The third-order valence-corrected chi connectivity index (χ3v) is 7.06. The second kappa shape index (κ2) is 6.25. The lowest BCUT2D eigenvalue weighted by Crippen LogP contribution is -2.54. The van der Waals surface area contributed by atoms with E-state index in [0.717, 1.165) is 35.8 Å². The molecule has 0 saturated heterocycles. The Morgan fingerprint density at radius 2 is 1.58 bits per heavy atom. The van der Waals surface area contributed by atoms with Crippen molar-refractivity contribution in [1.82, 2.24) is 5.32 Å². The van der Waals surface area contributed by atoms with Gasteiger partial charge in [0.1, 0.15) is 0 Å². The molecular formula is C21H31NO2. The predicted octanol–water partition coefficient (Wildman–Crippen LogP) is 4.40. The fourth-order valence-corrected chi connectivity index (χ4v) is 6.19. The van der Waals surface area contributed by atoms with Gasteiger partial charge >= 0.3 is 0 Å². The van der Waals surface area contributed by atoms with Gasteiger partial charge in [-0.3, -0.25) is 0 Å². The molecular weight excluding hydrogens is 298 g/mol. The molecule has 1 aromatic rings. The smallest absolute Gasteiger partial charge is 0.161 e. The van der Waals surface area contributed by atoms with Gasteiger partial charge in [-0.2, -0.15) is 0 Å². The van der Waals surface area contributed by atoms with Gasteiger partial charge in [0, 0.05) is 12.6 Å². The van der Waals surface area contributed by atoms with Gasteiger partial charge in [0.2, 0.25) is 0 Å². The molecule has 132 valence electrons. The Kier molecular flexibility index (Phi) is 4.24. The van der Waals surface area contributed by atoms with Crippen LogP contribution in [0.1, 0.15) is 51.0 Å². The van der Waals surface area contributed by atoms with Crippen molar-refractivity contribution in [2.75, 3.05) is 14.2 Å². The minimum absolute atomic E-state index is 0.561. The number of rotatable bonds is 6. The highest BCUT2D eigenvalue weighted by Crippen LogP contribution is 2.61. The molecule has 24 heavy (non-hydrogen) atoms. The molecule has 3 nitrogen and oxygen atoms in total. The minimum Gasteiger partial charge on any atom is -0.493 e. The minimum atomic E-state index is 0.561. The Hall–Kier alpha value is -1.22. The lowest BCUT2D eigenvalue weighted by atomic mass is 9.48. The molecule has 0 spiro atoms. The second-order valence-corrected chi connectivity index (χ2v) is 8.57. The average Bonchev–Trinajstić information content (AvgIpc) is 2.58. The molecule has 0 heterocycles. The number of hydrogen-bond acceptors (Lipinski definition) is 3. The zero-order valence-electron chi connectivity index (χ0n) is 15.3. The number of methoxy groups -OCH3 is 2. The number of hydrogen-bond donors (Lipinski definition) is 1. The molecule has 1 unspecified atom stereocenters. The van der Waals surface area contributed by atoms with E-state index in [-0.39, 0.29) is 0 Å². The van der Waals surface area contributed by atoms with Crippen LogP contribution in [0.3, 0.4) is 0 Å². The Morgan fingerprint density at radius 3 is 2.12 bits per heavy atom. The third kappa shape index (κ3) is 2.81. The zero-order chi connectivity index (χ0) is 16.7. The monoisotopic (exact) mass is 329 g/mol. The maximum absolute atomic E-state index is 5.43. The highest BCUT2D eigenvalue weighted by atomic mass is 16.5. The fraction of sp³-hybridized carbons (Fsp3) is 0.714. The van der Waals surface area contributed by atoms with Crippen LogP contribution in [0, 0.1) is 23.2 Å². The molecule has 0 aliphatic heterocycles. The van der Waals surface area contributed by atoms with E-state index in [1.807, 2.05) is 6.07 Å². The van der Waals surface area contributed by atoms with Crippen LogP contribution in [-0.2, 0) is 6.54 Å². The molecule has 4 aliphatic carbocycles. The maximum atomic E-state index is 5.43. The van der Waals surface area contributed by atoms with Crippen LogP contribution in [0.15, 0.2) is 18.2 Å². The summed E-state index contributed by atoms with van der Waals surface area (Å²) in [6, 6.07) is 6.84. The highest BCUT2D eigenvalue weighted by molar-refractivity contribution is 5.42. The van der Waals surface area contributed by atoms with E-state index in [2.05, 4.69) is 24.4 Å². The first kappa shape index (κ1) is 16.3. The predicted molar refractivity (Wildman–Crippen MR) is 96.5 cm³/mol. The fourth-order valence-electron chi connectivity index (χ4n) is 6.19. The first-order valence-corrected chi connectivity index (χ1v) is 9.56. The Labute approximate surface area is 146 Å². The van der Waals surface area contributed by atoms with E-state index in [4.69, 9.17) is 9.47 Å². The molecule has 4 bridgehead atoms. The molecule has 5 rings (SSSR count). The second-order valence-electron chi connectivity index (χ2n) is 8.57. The van der Waals surface area contributed by atoms with Gasteiger partial charge < -0.3 is 14.8 Å². The van der Waals surface area contributed by atoms with Crippen molar-refractivity contribution >= 4 is 0 Å². The molecule has 1 atom stereocenters. The summed E-state index contributed by atoms with van der Waals surface area (Å²) in [4.78, 5) is 0. The van der Waals surface area contributed by atoms with E-state index >= 15 is 0 Å². The lowest BCUT2D eigenvalue weighted by molar-refractivity contribution is -0.0706. The van der Waals surface area contributed by atoms with Gasteiger partial charge in [0.15, 0.2) is 11.5 Å². The third-order valence-electron chi connectivity index (χ3n) is 7.06. The van der Waals surface area contributed by atoms with Crippen LogP contribution in [-0.4, -0.2) is 20.3 Å². The number of benzene rings is 1. The van der Waals surface area contributed by atoms with Gasteiger partial charge in [0.25, 0.3) is 0 Å². The van der Waals surface area contributed by atoms with Crippen molar-refractivity contribution in [2.24, 2.45) is 23.2 Å². The van der Waals surface area contributed by atoms with E-state index in [9.17, 15) is 0 Å². The zero-order valence-corrected chi connectivity index (χ0v) is 15.3. The summed E-state index contributed by atoms with van der Waals surface area (Å²) < 4.78 is 10.8. The van der Waals surface area contributed by atoms with Crippen LogP contribution < -0.4 is 14.8 Å². The maximum Gasteiger partial charge on any atom is 0.161 e. The van der Waals surface area contributed by atoms with Crippen LogP contribution in [0.2, 0.25) is 0 Å². The number of nitrogens with one attached hydrogen (secondary N) is 1. The summed E-state index contributed by atoms with van der Waals surface area (Å²) in [5.74, 6) is 4.67. The Morgan fingerprint density at radius 1 is 1.00 bits per heavy atom. The Bertz CT molecular complexity index is 562. The highest BCUT2D eigenvalue weighted by Gasteiger charge is 2.52. The van der Waals surface area contributed by atoms with Crippen LogP contribution >= 0.6 is 0 Å². The van der Waals surface area contributed by atoms with Gasteiger partial charge in [-0.25, -0.2) is 0 Å². The Balaban J connectivity index is 1.43. The molecule has 4 saturated carbocycles. The van der Waals surface area contributed by atoms with E-state index in [0.29, 0.717) is 11.5 Å². The van der Waals surface area contributed by atoms with Gasteiger partial charge in [-0.05, 0) is 86.3 Å². The molecule has 1 N–H and O–H groups in total. The lowest BCUT2D eigenvalue weighted by Gasteiger charge is -2.59. The van der Waals surface area contributed by atoms with Gasteiger partial charge in [0.05, 0.1) is 14.2 Å². The molecule has 4 fully saturated rings. The largest absolute Gasteiger partial charge is 0.493 e. The van der Waals surface area contributed by atoms with Crippen LogP contribution in [0.4, 0.5) is 0 Å². The van der Waals surface area contributed by atoms with Crippen molar-refractivity contribution in [3.8, 4) is 11.5 Å². The first-order valence-electron chi connectivity index (χ1n) is 9.56. The van der Waals surface area contributed by atoms with Crippen molar-refractivity contribution < 1.29 is 9.47 Å². The summed E-state index contributed by atoms with van der Waals surface area (Å²) in [5.41, 5.74) is 1.83. The van der Waals surface area contributed by atoms with E-state index in [1.54, 1.807) is 14.2 Å². The molecule has 1 aromatic carbocycles. The topological polar surface area (TPSA) is 30.5 Å². The van der Waals surface area contributed by atoms with Crippen molar-refractivity contribution in [3.63, 3.8) is 0 Å². The summed E-state index contributed by atoms with van der Waals surface area (Å²) in [6.07, 6.45) is 8.92. The van der Waals surface area contributed by atoms with Gasteiger partial charge in [-0.15, -0.1) is 0 Å². The standard InChI is InChI=1S/C21H31NO2/c1-14(21-10-16-6-17(11-21)8-18(7-16)12-21)22-13-15-4-5-19(23-2)20(9-15)24-3/h4-5,9,14,16-18,22H,6-8,10-13H2,1-3H3. The molecule has 3 heteroatoms. The van der Waals surface area contributed by atoms with E-state index < -0.39 is 0 Å². The normalized spacial score (nSPS) is 35.0. The van der Waals surface area contributed by atoms with Crippen LogP contribution in [0.25, 0.3) is 0 Å². The van der Waals surface area contributed by atoms with Crippen molar-refractivity contribution in [2.45, 2.75) is 58.0 Å². The van der Waals surface area contributed by atoms with E-state index in [1.165, 1.54) is 44.1 Å². The quantitative estimate of drug-likeness (QED) is 0.839. The summed E-state index contributed by atoms with van der Waals surface area (Å²) >= 11 is 0. The first-order chi connectivity index (χ1) is 11.6. The van der Waals surface area contributed by atoms with Crippen molar-refractivity contribution in [3.05, 3.63) is 23.8 Å².